The summed E-state index contributed by atoms with van der Waals surface area (Å²) in [5.74, 6) is 1.58. The highest BCUT2D eigenvalue weighted by Crippen LogP contribution is 2.32. The van der Waals surface area contributed by atoms with Gasteiger partial charge in [-0.15, -0.1) is 0 Å². The van der Waals surface area contributed by atoms with E-state index < -0.39 is 0 Å². The number of nitrogens with two attached hydrogens (primary N) is 1. The summed E-state index contributed by atoms with van der Waals surface area (Å²) in [6.07, 6.45) is 4.16. The van der Waals surface area contributed by atoms with Crippen LogP contribution < -0.4 is 11.1 Å². The normalized spacial score (nSPS) is 17.1. The summed E-state index contributed by atoms with van der Waals surface area (Å²) in [5, 5.41) is 3.58. The minimum Gasteiger partial charge on any atom is -0.329 e. The number of hydrogen-bond donors (Lipinski definition) is 2. The van der Waals surface area contributed by atoms with E-state index in [0.29, 0.717) is 18.5 Å². The molecule has 0 radical (unpaired) electrons. The van der Waals surface area contributed by atoms with Crippen molar-refractivity contribution in [3.8, 4) is 0 Å². The van der Waals surface area contributed by atoms with Crippen molar-refractivity contribution < 1.29 is 0 Å². The van der Waals surface area contributed by atoms with Crippen LogP contribution in [0.5, 0.6) is 0 Å². The molecule has 1 aromatic rings. The van der Waals surface area contributed by atoms with Crippen molar-refractivity contribution in [1.29, 1.82) is 0 Å². The highest BCUT2D eigenvalue weighted by molar-refractivity contribution is 5.27. The summed E-state index contributed by atoms with van der Waals surface area (Å²) in [4.78, 5) is 0. The molecule has 0 bridgehead atoms. The van der Waals surface area contributed by atoms with Gasteiger partial charge in [-0.1, -0.05) is 51.0 Å². The van der Waals surface area contributed by atoms with Gasteiger partial charge in [-0.3, -0.25) is 0 Å². The number of hydrogen-bond acceptors (Lipinski definition) is 2. The fraction of sp³-hybridized carbons (Fsp3) is 0.625. The second-order valence-corrected chi connectivity index (χ2v) is 5.80. The molecule has 1 saturated carbocycles. The SMILES string of the molecule is CC(C)c1ccc(C(CN)NCCC2CC2)cc1. The largest absolute Gasteiger partial charge is 0.329 e. The smallest absolute Gasteiger partial charge is 0.0444 e. The number of benzene rings is 1. The van der Waals surface area contributed by atoms with E-state index in [4.69, 9.17) is 5.73 Å². The van der Waals surface area contributed by atoms with Gasteiger partial charge in [0.15, 0.2) is 0 Å². The first kappa shape index (κ1) is 13.6. The van der Waals surface area contributed by atoms with Crippen molar-refractivity contribution in [3.63, 3.8) is 0 Å². The van der Waals surface area contributed by atoms with Gasteiger partial charge in [-0.05, 0) is 35.9 Å². The molecule has 0 amide bonds. The van der Waals surface area contributed by atoms with Crippen LogP contribution in [0, 0.1) is 5.92 Å². The van der Waals surface area contributed by atoms with Crippen molar-refractivity contribution in [2.75, 3.05) is 13.1 Å². The fourth-order valence-electron chi connectivity index (χ4n) is 2.32. The van der Waals surface area contributed by atoms with Crippen molar-refractivity contribution in [3.05, 3.63) is 35.4 Å². The van der Waals surface area contributed by atoms with Crippen molar-refractivity contribution in [2.45, 2.75) is 45.1 Å². The molecule has 1 aliphatic carbocycles. The molecule has 1 aromatic carbocycles. The van der Waals surface area contributed by atoms with Crippen molar-refractivity contribution in [2.24, 2.45) is 11.7 Å². The highest BCUT2D eigenvalue weighted by atomic mass is 14.9. The molecular weight excluding hydrogens is 220 g/mol. The molecule has 0 aromatic heterocycles. The van der Waals surface area contributed by atoms with Crippen LogP contribution in [0.2, 0.25) is 0 Å². The molecule has 2 rings (SSSR count). The van der Waals surface area contributed by atoms with Crippen LogP contribution in [0.25, 0.3) is 0 Å². The second kappa shape index (κ2) is 6.35. The van der Waals surface area contributed by atoms with Gasteiger partial charge in [-0.2, -0.15) is 0 Å². The third-order valence-electron chi connectivity index (χ3n) is 3.88. The summed E-state index contributed by atoms with van der Waals surface area (Å²) in [5.41, 5.74) is 8.59. The van der Waals surface area contributed by atoms with E-state index in [0.717, 1.165) is 12.5 Å². The minimum absolute atomic E-state index is 0.310. The molecule has 0 spiro atoms. The lowest BCUT2D eigenvalue weighted by atomic mass is 9.99. The van der Waals surface area contributed by atoms with Crippen LogP contribution in [0.1, 0.15) is 56.2 Å². The zero-order chi connectivity index (χ0) is 13.0. The van der Waals surface area contributed by atoms with Crippen LogP contribution in [-0.2, 0) is 0 Å². The van der Waals surface area contributed by atoms with Crippen LogP contribution in [0.15, 0.2) is 24.3 Å². The predicted molar refractivity (Wildman–Crippen MR) is 77.7 cm³/mol. The molecule has 18 heavy (non-hydrogen) atoms. The van der Waals surface area contributed by atoms with E-state index in [-0.39, 0.29) is 0 Å². The van der Waals surface area contributed by atoms with Gasteiger partial charge in [-0.25, -0.2) is 0 Å². The fourth-order valence-corrected chi connectivity index (χ4v) is 2.32. The van der Waals surface area contributed by atoms with Gasteiger partial charge in [0, 0.05) is 12.6 Å². The zero-order valence-corrected chi connectivity index (χ0v) is 11.7. The first-order valence-corrected chi connectivity index (χ1v) is 7.24. The molecule has 3 N–H and O–H groups in total. The Morgan fingerprint density at radius 1 is 1.17 bits per heavy atom. The summed E-state index contributed by atoms with van der Waals surface area (Å²) < 4.78 is 0. The van der Waals surface area contributed by atoms with E-state index in [2.05, 4.69) is 43.4 Å². The monoisotopic (exact) mass is 246 g/mol. The van der Waals surface area contributed by atoms with E-state index >= 15 is 0 Å². The van der Waals surface area contributed by atoms with E-state index in [9.17, 15) is 0 Å². The van der Waals surface area contributed by atoms with Crippen LogP contribution >= 0.6 is 0 Å². The molecule has 1 fully saturated rings. The summed E-state index contributed by atoms with van der Waals surface area (Å²) >= 11 is 0. The quantitative estimate of drug-likeness (QED) is 0.775. The van der Waals surface area contributed by atoms with Crippen LogP contribution in [-0.4, -0.2) is 13.1 Å². The Labute approximate surface area is 111 Å². The standard InChI is InChI=1S/C16H26N2/c1-12(2)14-5-7-15(8-6-14)16(11-17)18-10-9-13-3-4-13/h5-8,12-13,16,18H,3-4,9-11,17H2,1-2H3. The maximum atomic E-state index is 5.87. The van der Waals surface area contributed by atoms with Gasteiger partial charge in [0.1, 0.15) is 0 Å². The van der Waals surface area contributed by atoms with Gasteiger partial charge < -0.3 is 11.1 Å². The third kappa shape index (κ3) is 3.82. The Morgan fingerprint density at radius 2 is 1.78 bits per heavy atom. The summed E-state index contributed by atoms with van der Waals surface area (Å²) in [7, 11) is 0. The predicted octanol–water partition coefficient (Wildman–Crippen LogP) is 3.20. The van der Waals surface area contributed by atoms with Gasteiger partial charge >= 0.3 is 0 Å². The van der Waals surface area contributed by atoms with Gasteiger partial charge in [0.2, 0.25) is 0 Å². The Balaban J connectivity index is 1.88. The van der Waals surface area contributed by atoms with Crippen molar-refractivity contribution >= 4 is 0 Å². The minimum atomic E-state index is 0.310. The molecule has 0 saturated heterocycles. The molecule has 2 heteroatoms. The number of rotatable bonds is 7. The van der Waals surface area contributed by atoms with Crippen LogP contribution in [0.4, 0.5) is 0 Å². The van der Waals surface area contributed by atoms with Gasteiger partial charge in [0.05, 0.1) is 0 Å². The number of nitrogens with one attached hydrogen (secondary N) is 1. The van der Waals surface area contributed by atoms with Crippen LogP contribution in [0.3, 0.4) is 0 Å². The first-order valence-electron chi connectivity index (χ1n) is 7.24. The lowest BCUT2D eigenvalue weighted by molar-refractivity contribution is 0.516. The maximum Gasteiger partial charge on any atom is 0.0444 e. The molecular formula is C16H26N2. The molecule has 100 valence electrons. The molecule has 0 aliphatic heterocycles. The Morgan fingerprint density at radius 3 is 2.28 bits per heavy atom. The topological polar surface area (TPSA) is 38.0 Å². The molecule has 1 atom stereocenters. The summed E-state index contributed by atoms with van der Waals surface area (Å²) in [6, 6.07) is 9.20. The van der Waals surface area contributed by atoms with Crippen molar-refractivity contribution in [1.82, 2.24) is 5.32 Å². The van der Waals surface area contributed by atoms with E-state index in [1.54, 1.807) is 0 Å². The summed E-state index contributed by atoms with van der Waals surface area (Å²) in [6.45, 7) is 6.22. The third-order valence-corrected chi connectivity index (χ3v) is 3.88. The molecule has 2 nitrogen and oxygen atoms in total. The maximum absolute atomic E-state index is 5.87. The Hall–Kier alpha value is -0.860. The zero-order valence-electron chi connectivity index (χ0n) is 11.7. The average Bonchev–Trinajstić information content (AvgIpc) is 3.19. The lowest BCUT2D eigenvalue weighted by Crippen LogP contribution is -2.29. The average molecular weight is 246 g/mol. The first-order chi connectivity index (χ1) is 8.70. The molecule has 0 heterocycles. The van der Waals surface area contributed by atoms with E-state index in [1.807, 2.05) is 0 Å². The Kier molecular flexibility index (Phi) is 4.79. The Bertz CT molecular complexity index is 352. The molecule has 1 unspecified atom stereocenters. The lowest BCUT2D eigenvalue weighted by Gasteiger charge is -2.18. The highest BCUT2D eigenvalue weighted by Gasteiger charge is 2.20. The van der Waals surface area contributed by atoms with E-state index in [1.165, 1.54) is 30.4 Å². The van der Waals surface area contributed by atoms with Gasteiger partial charge in [0.25, 0.3) is 0 Å². The second-order valence-electron chi connectivity index (χ2n) is 5.80. The molecule has 1 aliphatic rings.